The first-order valence-electron chi connectivity index (χ1n) is 6.56. The van der Waals surface area contributed by atoms with Crippen molar-refractivity contribution in [3.05, 3.63) is 63.2 Å². The number of nitro groups is 1. The van der Waals surface area contributed by atoms with Gasteiger partial charge < -0.3 is 0 Å². The number of benzene rings is 2. The standard InChI is InChI=1S/C15H16N2O4S/c1-10-8-11(2)15(12(3)9-10)16-22(20,21)14-6-4-13(5-7-14)17(18)19/h4-9,16H,1-3H3. The first-order valence-corrected chi connectivity index (χ1v) is 8.04. The second-order valence-corrected chi connectivity index (χ2v) is 6.81. The Labute approximate surface area is 129 Å². The zero-order chi connectivity index (χ0) is 16.5. The molecule has 22 heavy (non-hydrogen) atoms. The van der Waals surface area contributed by atoms with Gasteiger partial charge in [-0.2, -0.15) is 0 Å². The lowest BCUT2D eigenvalue weighted by atomic mass is 10.1. The summed E-state index contributed by atoms with van der Waals surface area (Å²) in [4.78, 5) is 10.0. The number of sulfonamides is 1. The maximum atomic E-state index is 12.4. The molecule has 0 aliphatic rings. The molecule has 2 aromatic rings. The molecular weight excluding hydrogens is 304 g/mol. The Morgan fingerprint density at radius 2 is 1.50 bits per heavy atom. The predicted molar refractivity (Wildman–Crippen MR) is 84.6 cm³/mol. The van der Waals surface area contributed by atoms with Crippen LogP contribution in [-0.2, 0) is 10.0 Å². The van der Waals surface area contributed by atoms with E-state index in [2.05, 4.69) is 4.72 Å². The van der Waals surface area contributed by atoms with Crippen molar-refractivity contribution in [3.8, 4) is 0 Å². The average Bonchev–Trinajstić information content (AvgIpc) is 2.43. The summed E-state index contributed by atoms with van der Waals surface area (Å²) in [7, 11) is -3.79. The van der Waals surface area contributed by atoms with Crippen LogP contribution >= 0.6 is 0 Å². The highest BCUT2D eigenvalue weighted by molar-refractivity contribution is 7.92. The fourth-order valence-corrected chi connectivity index (χ4v) is 3.48. The molecule has 2 aromatic carbocycles. The highest BCUT2D eigenvalue weighted by Crippen LogP contribution is 2.25. The molecule has 0 heterocycles. The number of nitro benzene ring substituents is 1. The van der Waals surface area contributed by atoms with Gasteiger partial charge in [0.1, 0.15) is 0 Å². The van der Waals surface area contributed by atoms with E-state index < -0.39 is 14.9 Å². The van der Waals surface area contributed by atoms with Gasteiger partial charge in [-0.3, -0.25) is 14.8 Å². The largest absolute Gasteiger partial charge is 0.279 e. The molecule has 0 saturated carbocycles. The fraction of sp³-hybridized carbons (Fsp3) is 0.200. The molecular formula is C15H16N2O4S. The molecule has 0 aliphatic carbocycles. The van der Waals surface area contributed by atoms with Gasteiger partial charge in [0.05, 0.1) is 15.5 Å². The van der Waals surface area contributed by atoms with Crippen molar-refractivity contribution in [2.75, 3.05) is 4.72 Å². The lowest BCUT2D eigenvalue weighted by Crippen LogP contribution is -2.14. The van der Waals surface area contributed by atoms with Crippen molar-refractivity contribution in [2.24, 2.45) is 0 Å². The van der Waals surface area contributed by atoms with E-state index in [0.29, 0.717) is 5.69 Å². The van der Waals surface area contributed by atoms with Gasteiger partial charge in [0.15, 0.2) is 0 Å². The Kier molecular flexibility index (Phi) is 4.18. The number of anilines is 1. The number of hydrogen-bond donors (Lipinski definition) is 1. The van der Waals surface area contributed by atoms with E-state index >= 15 is 0 Å². The van der Waals surface area contributed by atoms with E-state index in [9.17, 15) is 18.5 Å². The van der Waals surface area contributed by atoms with Crippen molar-refractivity contribution in [2.45, 2.75) is 25.7 Å². The van der Waals surface area contributed by atoms with Crippen LogP contribution in [0.2, 0.25) is 0 Å². The van der Waals surface area contributed by atoms with E-state index in [1.165, 1.54) is 24.3 Å². The first kappa shape index (κ1) is 16.0. The second-order valence-electron chi connectivity index (χ2n) is 5.13. The van der Waals surface area contributed by atoms with Crippen LogP contribution in [0.3, 0.4) is 0 Å². The van der Waals surface area contributed by atoms with E-state index in [1.807, 2.05) is 32.9 Å². The van der Waals surface area contributed by atoms with Crippen LogP contribution in [0, 0.1) is 30.9 Å². The van der Waals surface area contributed by atoms with E-state index in [1.54, 1.807) is 0 Å². The lowest BCUT2D eigenvalue weighted by molar-refractivity contribution is -0.384. The summed E-state index contributed by atoms with van der Waals surface area (Å²) < 4.78 is 27.3. The Balaban J connectivity index is 2.38. The van der Waals surface area contributed by atoms with Gasteiger partial charge in [0.2, 0.25) is 0 Å². The van der Waals surface area contributed by atoms with Gasteiger partial charge in [-0.1, -0.05) is 17.7 Å². The Bertz CT molecular complexity index is 804. The highest BCUT2D eigenvalue weighted by Gasteiger charge is 2.18. The minimum atomic E-state index is -3.79. The van der Waals surface area contributed by atoms with Crippen LogP contribution in [0.15, 0.2) is 41.3 Å². The highest BCUT2D eigenvalue weighted by atomic mass is 32.2. The third kappa shape index (κ3) is 3.25. The summed E-state index contributed by atoms with van der Waals surface area (Å²) in [6.07, 6.45) is 0. The molecule has 0 aliphatic heterocycles. The van der Waals surface area contributed by atoms with Crippen LogP contribution in [0.25, 0.3) is 0 Å². The summed E-state index contributed by atoms with van der Waals surface area (Å²) in [5.74, 6) is 0. The predicted octanol–water partition coefficient (Wildman–Crippen LogP) is 3.32. The molecule has 0 aromatic heterocycles. The number of hydrogen-bond acceptors (Lipinski definition) is 4. The quantitative estimate of drug-likeness (QED) is 0.691. The second kappa shape index (κ2) is 5.76. The average molecular weight is 320 g/mol. The number of aryl methyl sites for hydroxylation is 3. The molecule has 2 rings (SSSR count). The van der Waals surface area contributed by atoms with E-state index in [-0.39, 0.29) is 10.6 Å². The molecule has 0 radical (unpaired) electrons. The lowest BCUT2D eigenvalue weighted by Gasteiger charge is -2.14. The van der Waals surface area contributed by atoms with Crippen LogP contribution in [-0.4, -0.2) is 13.3 Å². The summed E-state index contributed by atoms with van der Waals surface area (Å²) in [5.41, 5.74) is 3.07. The molecule has 0 saturated heterocycles. The molecule has 6 nitrogen and oxygen atoms in total. The fourth-order valence-electron chi connectivity index (χ4n) is 2.28. The molecule has 0 amide bonds. The van der Waals surface area contributed by atoms with Crippen molar-refractivity contribution in [1.29, 1.82) is 0 Å². The maximum Gasteiger partial charge on any atom is 0.269 e. The number of rotatable bonds is 4. The summed E-state index contributed by atoms with van der Waals surface area (Å²) in [6.45, 7) is 5.59. The van der Waals surface area contributed by atoms with Crippen LogP contribution in [0.1, 0.15) is 16.7 Å². The van der Waals surface area contributed by atoms with Crippen molar-refractivity contribution in [1.82, 2.24) is 0 Å². The van der Waals surface area contributed by atoms with Gasteiger partial charge in [-0.05, 0) is 44.0 Å². The monoisotopic (exact) mass is 320 g/mol. The normalized spacial score (nSPS) is 11.2. The topological polar surface area (TPSA) is 89.3 Å². The molecule has 0 unspecified atom stereocenters. The minimum absolute atomic E-state index is 0.0162. The third-order valence-corrected chi connectivity index (χ3v) is 4.64. The molecule has 7 heteroatoms. The zero-order valence-electron chi connectivity index (χ0n) is 12.5. The maximum absolute atomic E-state index is 12.4. The zero-order valence-corrected chi connectivity index (χ0v) is 13.3. The summed E-state index contributed by atoms with van der Waals surface area (Å²) in [6, 6.07) is 8.56. The summed E-state index contributed by atoms with van der Waals surface area (Å²) >= 11 is 0. The Morgan fingerprint density at radius 1 is 1.00 bits per heavy atom. The van der Waals surface area contributed by atoms with Crippen LogP contribution in [0.5, 0.6) is 0 Å². The van der Waals surface area contributed by atoms with E-state index in [4.69, 9.17) is 0 Å². The van der Waals surface area contributed by atoms with Gasteiger partial charge in [0, 0.05) is 12.1 Å². The van der Waals surface area contributed by atoms with Gasteiger partial charge in [0.25, 0.3) is 15.7 Å². The SMILES string of the molecule is Cc1cc(C)c(NS(=O)(=O)c2ccc([N+](=O)[O-])cc2)c(C)c1. The molecule has 0 atom stereocenters. The van der Waals surface area contributed by atoms with Gasteiger partial charge in [-0.25, -0.2) is 8.42 Å². The number of nitrogens with zero attached hydrogens (tertiary/aromatic N) is 1. The number of nitrogens with one attached hydrogen (secondary N) is 1. The van der Waals surface area contributed by atoms with E-state index in [0.717, 1.165) is 16.7 Å². The van der Waals surface area contributed by atoms with Gasteiger partial charge >= 0.3 is 0 Å². The first-order chi connectivity index (χ1) is 10.2. The Hall–Kier alpha value is -2.41. The smallest absolute Gasteiger partial charge is 0.269 e. The molecule has 0 bridgehead atoms. The molecule has 1 N–H and O–H groups in total. The molecule has 116 valence electrons. The van der Waals surface area contributed by atoms with Crippen LogP contribution in [0.4, 0.5) is 11.4 Å². The minimum Gasteiger partial charge on any atom is -0.279 e. The van der Waals surface area contributed by atoms with Crippen LogP contribution < -0.4 is 4.72 Å². The van der Waals surface area contributed by atoms with Crippen molar-refractivity contribution >= 4 is 21.4 Å². The Morgan fingerprint density at radius 3 is 1.95 bits per heavy atom. The van der Waals surface area contributed by atoms with Gasteiger partial charge in [-0.15, -0.1) is 0 Å². The molecule has 0 spiro atoms. The number of non-ortho nitro benzene ring substituents is 1. The van der Waals surface area contributed by atoms with Crippen molar-refractivity contribution in [3.63, 3.8) is 0 Å². The summed E-state index contributed by atoms with van der Waals surface area (Å²) in [5, 5.41) is 10.6. The molecule has 0 fully saturated rings. The van der Waals surface area contributed by atoms with Crippen molar-refractivity contribution < 1.29 is 13.3 Å². The third-order valence-electron chi connectivity index (χ3n) is 3.27.